The van der Waals surface area contributed by atoms with E-state index in [1.54, 1.807) is 18.5 Å². The Kier molecular flexibility index (Phi) is 6.53. The number of aromatic nitrogens is 2. The van der Waals surface area contributed by atoms with Gasteiger partial charge < -0.3 is 20.5 Å². The van der Waals surface area contributed by atoms with E-state index < -0.39 is 11.8 Å². The van der Waals surface area contributed by atoms with Gasteiger partial charge in [0.1, 0.15) is 5.65 Å². The number of hydrogen-bond acceptors (Lipinski definition) is 7. The van der Waals surface area contributed by atoms with Crippen molar-refractivity contribution in [2.45, 2.75) is 19.4 Å². The summed E-state index contributed by atoms with van der Waals surface area (Å²) >= 11 is 0. The molecular weight excluding hydrogens is 374 g/mol. The first-order valence-electron chi connectivity index (χ1n) is 9.30. The van der Waals surface area contributed by atoms with Crippen molar-refractivity contribution in [3.05, 3.63) is 47.4 Å². The number of imide groups is 1. The summed E-state index contributed by atoms with van der Waals surface area (Å²) in [6.45, 7) is 1.02. The van der Waals surface area contributed by atoms with Crippen LogP contribution in [0.15, 0.2) is 46.9 Å². The maximum atomic E-state index is 12.6. The minimum absolute atomic E-state index is 0.0278. The third kappa shape index (κ3) is 4.25. The van der Waals surface area contributed by atoms with Gasteiger partial charge >= 0.3 is 0 Å². The van der Waals surface area contributed by atoms with Gasteiger partial charge in [-0.25, -0.2) is 4.98 Å². The molecule has 152 valence electrons. The van der Waals surface area contributed by atoms with Gasteiger partial charge in [0, 0.05) is 61.6 Å². The van der Waals surface area contributed by atoms with E-state index in [1.807, 2.05) is 10.6 Å². The smallest absolute Gasteiger partial charge is 0.261 e. The number of nitrogens with one attached hydrogen (secondary N) is 1. The van der Waals surface area contributed by atoms with Crippen molar-refractivity contribution in [2.75, 3.05) is 19.8 Å². The molecule has 2 amide bonds. The molecule has 5 N–H and O–H groups in total. The number of amides is 2. The molecule has 0 fully saturated rings. The molecule has 29 heavy (non-hydrogen) atoms. The molecular formula is C20H23N5O4. The average molecular weight is 397 g/mol. The number of carbonyl (C=O) groups is 2. The van der Waals surface area contributed by atoms with Crippen LogP contribution in [0.25, 0.3) is 16.6 Å². The van der Waals surface area contributed by atoms with E-state index in [0.717, 1.165) is 0 Å². The number of aliphatic hydroxyl groups excluding tert-OH is 2. The summed E-state index contributed by atoms with van der Waals surface area (Å²) in [7, 11) is 0. The zero-order valence-electron chi connectivity index (χ0n) is 15.8. The summed E-state index contributed by atoms with van der Waals surface area (Å²) in [4.78, 5) is 33.5. The zero-order valence-corrected chi connectivity index (χ0v) is 15.8. The number of carbonyl (C=O) groups excluding carboxylic acids is 2. The number of nitrogens with two attached hydrogens (primary N) is 1. The molecule has 2 aromatic heterocycles. The van der Waals surface area contributed by atoms with E-state index in [1.165, 1.54) is 12.3 Å². The first-order chi connectivity index (χ1) is 14.1. The fourth-order valence-corrected chi connectivity index (χ4v) is 3.17. The van der Waals surface area contributed by atoms with Gasteiger partial charge in [-0.2, -0.15) is 0 Å². The second kappa shape index (κ2) is 9.26. The molecule has 3 rings (SSSR count). The number of aliphatic imine (C=N–C) groups is 1. The van der Waals surface area contributed by atoms with E-state index in [9.17, 15) is 9.59 Å². The number of fused-ring (bicyclic) bond motifs is 1. The van der Waals surface area contributed by atoms with E-state index in [2.05, 4.69) is 15.3 Å². The van der Waals surface area contributed by atoms with Crippen molar-refractivity contribution >= 4 is 34.6 Å². The van der Waals surface area contributed by atoms with Crippen LogP contribution in [0, 0.1) is 0 Å². The maximum absolute atomic E-state index is 12.6. The van der Waals surface area contributed by atoms with Gasteiger partial charge in [0.05, 0.1) is 11.1 Å². The topological polar surface area (TPSA) is 143 Å². The van der Waals surface area contributed by atoms with Crippen LogP contribution in [0.3, 0.4) is 0 Å². The molecule has 0 saturated carbocycles. The van der Waals surface area contributed by atoms with Gasteiger partial charge in [-0.05, 0) is 31.1 Å². The van der Waals surface area contributed by atoms with Gasteiger partial charge in [-0.15, -0.1) is 0 Å². The van der Waals surface area contributed by atoms with Crippen LogP contribution in [-0.4, -0.2) is 57.6 Å². The van der Waals surface area contributed by atoms with Crippen LogP contribution in [0.4, 0.5) is 0 Å². The molecule has 0 spiro atoms. The van der Waals surface area contributed by atoms with Crippen molar-refractivity contribution in [1.82, 2.24) is 14.9 Å². The Morgan fingerprint density at radius 1 is 1.24 bits per heavy atom. The lowest BCUT2D eigenvalue weighted by molar-refractivity contribution is -0.123. The van der Waals surface area contributed by atoms with E-state index in [0.29, 0.717) is 42.5 Å². The Labute approximate surface area is 167 Å². The Balaban J connectivity index is 2.08. The molecule has 0 atom stereocenters. The average Bonchev–Trinajstić information content (AvgIpc) is 3.22. The Morgan fingerprint density at radius 2 is 2.03 bits per heavy atom. The number of nitrogens with zero attached hydrogens (tertiary/aromatic N) is 3. The molecule has 0 bridgehead atoms. The Hall–Kier alpha value is -3.30. The lowest BCUT2D eigenvalue weighted by Gasteiger charge is -2.03. The van der Waals surface area contributed by atoms with Crippen molar-refractivity contribution in [1.29, 1.82) is 0 Å². The van der Waals surface area contributed by atoms with Crippen molar-refractivity contribution < 1.29 is 19.8 Å². The van der Waals surface area contributed by atoms with Crippen molar-refractivity contribution in [2.24, 2.45) is 10.7 Å². The van der Waals surface area contributed by atoms with Crippen molar-refractivity contribution in [3.8, 4) is 0 Å². The molecule has 0 radical (unpaired) electrons. The Bertz CT molecular complexity index is 1020. The van der Waals surface area contributed by atoms with E-state index in [4.69, 9.17) is 15.9 Å². The molecule has 0 unspecified atom stereocenters. The lowest BCUT2D eigenvalue weighted by atomic mass is 9.99. The predicted molar refractivity (Wildman–Crippen MR) is 109 cm³/mol. The number of pyridine rings is 1. The largest absolute Gasteiger partial charge is 0.398 e. The molecule has 9 heteroatoms. The predicted octanol–water partition coefficient (Wildman–Crippen LogP) is 0.124. The first-order valence-corrected chi connectivity index (χ1v) is 9.30. The van der Waals surface area contributed by atoms with Crippen LogP contribution < -0.4 is 11.1 Å². The van der Waals surface area contributed by atoms with E-state index >= 15 is 0 Å². The molecule has 9 nitrogen and oxygen atoms in total. The van der Waals surface area contributed by atoms with Gasteiger partial charge in [-0.3, -0.25) is 19.9 Å². The summed E-state index contributed by atoms with van der Waals surface area (Å²) < 4.78 is 1.85. The van der Waals surface area contributed by atoms with Crippen LogP contribution in [0.2, 0.25) is 0 Å². The van der Waals surface area contributed by atoms with Crippen LogP contribution in [0.5, 0.6) is 0 Å². The molecule has 0 aliphatic carbocycles. The van der Waals surface area contributed by atoms with Gasteiger partial charge in [0.25, 0.3) is 11.8 Å². The van der Waals surface area contributed by atoms with Crippen LogP contribution >= 0.6 is 0 Å². The standard InChI is InChI=1S/C20H23N5O4/c21-15(5-8-22-6-2-10-26)17-16(19(28)24-20(17)29)14-12-25(9-3-11-27)18-13(14)4-1-7-23-18/h1,4-5,7-8,12,26-27H,2-3,6,9-11,21H2,(H,24,28,29). The summed E-state index contributed by atoms with van der Waals surface area (Å²) in [5.74, 6) is -1.09. The summed E-state index contributed by atoms with van der Waals surface area (Å²) in [6.07, 6.45) is 7.38. The Morgan fingerprint density at radius 3 is 2.79 bits per heavy atom. The minimum Gasteiger partial charge on any atom is -0.398 e. The molecule has 1 aliphatic rings. The lowest BCUT2D eigenvalue weighted by Crippen LogP contribution is -2.24. The highest BCUT2D eigenvalue weighted by atomic mass is 16.3. The number of rotatable bonds is 9. The summed E-state index contributed by atoms with van der Waals surface area (Å²) in [5, 5.41) is 20.9. The van der Waals surface area contributed by atoms with Crippen LogP contribution in [-0.2, 0) is 16.1 Å². The third-order valence-corrected chi connectivity index (χ3v) is 4.49. The van der Waals surface area contributed by atoms with Crippen LogP contribution in [0.1, 0.15) is 18.4 Å². The number of aryl methyl sites for hydroxylation is 1. The highest BCUT2D eigenvalue weighted by Crippen LogP contribution is 2.32. The monoisotopic (exact) mass is 397 g/mol. The fourth-order valence-electron chi connectivity index (χ4n) is 3.17. The highest BCUT2D eigenvalue weighted by molar-refractivity contribution is 6.38. The maximum Gasteiger partial charge on any atom is 0.261 e. The molecule has 0 saturated heterocycles. The second-order valence-electron chi connectivity index (χ2n) is 6.48. The highest BCUT2D eigenvalue weighted by Gasteiger charge is 2.34. The third-order valence-electron chi connectivity index (χ3n) is 4.49. The van der Waals surface area contributed by atoms with Gasteiger partial charge in [0.15, 0.2) is 0 Å². The fraction of sp³-hybridized carbons (Fsp3) is 0.300. The zero-order chi connectivity index (χ0) is 20.8. The molecule has 1 aliphatic heterocycles. The SMILES string of the molecule is NC(=CC=NCCCO)C1=C(c2cn(CCCO)c3ncccc23)C(=O)NC1=O. The number of hydrogen-bond donors (Lipinski definition) is 4. The molecule has 2 aromatic rings. The van der Waals surface area contributed by atoms with Gasteiger partial charge in [0.2, 0.25) is 0 Å². The first kappa shape index (κ1) is 20.4. The number of allylic oxidation sites excluding steroid dienone is 1. The number of aliphatic hydroxyl groups is 2. The van der Waals surface area contributed by atoms with Crippen molar-refractivity contribution in [3.63, 3.8) is 0 Å². The molecule has 3 heterocycles. The minimum atomic E-state index is -0.567. The summed E-state index contributed by atoms with van der Waals surface area (Å²) in [6, 6.07) is 3.58. The van der Waals surface area contributed by atoms with E-state index in [-0.39, 0.29) is 30.1 Å². The molecule has 0 aromatic carbocycles. The summed E-state index contributed by atoms with van der Waals surface area (Å²) in [5.41, 5.74) is 7.71. The quantitative estimate of drug-likeness (QED) is 0.269. The normalized spacial score (nSPS) is 15.2. The van der Waals surface area contributed by atoms with Gasteiger partial charge in [-0.1, -0.05) is 0 Å². The second-order valence-corrected chi connectivity index (χ2v) is 6.48.